The molecule has 1 aromatic heterocycles. The van der Waals surface area contributed by atoms with Gasteiger partial charge < -0.3 is 14.8 Å². The average molecular weight is 358 g/mol. The molecule has 4 rings (SSSR count). The molecule has 1 N–H and O–H groups in total. The van der Waals surface area contributed by atoms with Crippen LogP contribution >= 0.6 is 0 Å². The second kappa shape index (κ2) is 7.14. The Morgan fingerprint density at radius 3 is 2.70 bits per heavy atom. The van der Waals surface area contributed by atoms with Crippen LogP contribution in [0.5, 0.6) is 11.5 Å². The number of hydrogen-bond donors (Lipinski definition) is 1. The molecule has 0 atom stereocenters. The van der Waals surface area contributed by atoms with Crippen molar-refractivity contribution in [3.8, 4) is 28.8 Å². The number of benzene rings is 2. The van der Waals surface area contributed by atoms with Gasteiger partial charge in [-0.15, -0.1) is 0 Å². The monoisotopic (exact) mass is 358 g/mol. The lowest BCUT2D eigenvalue weighted by molar-refractivity contribution is 0.102. The van der Waals surface area contributed by atoms with Crippen LogP contribution in [0.15, 0.2) is 54.9 Å². The summed E-state index contributed by atoms with van der Waals surface area (Å²) in [6.45, 7) is 0.990. The fourth-order valence-corrected chi connectivity index (χ4v) is 2.76. The van der Waals surface area contributed by atoms with Crippen LogP contribution in [0.1, 0.15) is 16.1 Å². The minimum absolute atomic E-state index is 0.210. The molecule has 0 radical (unpaired) electrons. The fraction of sp³-hybridized carbons (Fsp3) is 0.100. The van der Waals surface area contributed by atoms with E-state index in [2.05, 4.69) is 15.3 Å². The van der Waals surface area contributed by atoms with E-state index in [1.165, 1.54) is 12.4 Å². The molecule has 0 fully saturated rings. The summed E-state index contributed by atoms with van der Waals surface area (Å²) in [5.41, 5.74) is 2.34. The van der Waals surface area contributed by atoms with Gasteiger partial charge in [-0.05, 0) is 24.3 Å². The Morgan fingerprint density at radius 1 is 1.04 bits per heavy atom. The lowest BCUT2D eigenvalue weighted by atomic mass is 10.1. The van der Waals surface area contributed by atoms with Crippen LogP contribution in [-0.2, 0) is 0 Å². The molecule has 0 saturated heterocycles. The summed E-state index contributed by atoms with van der Waals surface area (Å²) in [6.07, 6.45) is 2.97. The van der Waals surface area contributed by atoms with Crippen LogP contribution in [0.2, 0.25) is 0 Å². The number of hydrogen-bond acceptors (Lipinski definition) is 6. The predicted octanol–water partition coefficient (Wildman–Crippen LogP) is 3.04. The van der Waals surface area contributed by atoms with Gasteiger partial charge in [0.25, 0.3) is 5.91 Å². The Morgan fingerprint density at radius 2 is 1.85 bits per heavy atom. The van der Waals surface area contributed by atoms with Crippen LogP contribution in [0, 0.1) is 11.3 Å². The van der Waals surface area contributed by atoms with Gasteiger partial charge in [0.15, 0.2) is 17.2 Å². The highest BCUT2D eigenvalue weighted by Crippen LogP contribution is 2.32. The molecule has 27 heavy (non-hydrogen) atoms. The van der Waals surface area contributed by atoms with Crippen molar-refractivity contribution in [2.45, 2.75) is 0 Å². The van der Waals surface area contributed by atoms with E-state index in [1.807, 2.05) is 6.07 Å². The van der Waals surface area contributed by atoms with Crippen molar-refractivity contribution in [1.29, 1.82) is 5.26 Å². The van der Waals surface area contributed by atoms with Crippen molar-refractivity contribution in [1.82, 2.24) is 9.97 Å². The summed E-state index contributed by atoms with van der Waals surface area (Å²) < 4.78 is 11.0. The zero-order valence-electron chi connectivity index (χ0n) is 14.2. The zero-order chi connectivity index (χ0) is 18.6. The van der Waals surface area contributed by atoms with Gasteiger partial charge in [0.2, 0.25) is 0 Å². The molecule has 1 aliphatic heterocycles. The van der Waals surface area contributed by atoms with Gasteiger partial charge in [-0.25, -0.2) is 4.98 Å². The number of aromatic nitrogens is 2. The van der Waals surface area contributed by atoms with E-state index in [-0.39, 0.29) is 11.6 Å². The molecule has 132 valence electrons. The Balaban J connectivity index is 1.59. The standard InChI is InChI=1S/C20H14N4O3/c21-12-16-19(23-7-6-22-16)13-2-1-3-14(10-13)20(25)24-15-4-5-17-18(11-15)27-9-8-26-17/h1-7,10-11H,8-9H2,(H,24,25). The fourth-order valence-electron chi connectivity index (χ4n) is 2.76. The third-order valence-electron chi connectivity index (χ3n) is 4.00. The van der Waals surface area contributed by atoms with Crippen molar-refractivity contribution >= 4 is 11.6 Å². The molecule has 0 unspecified atom stereocenters. The molecular formula is C20H14N4O3. The maximum Gasteiger partial charge on any atom is 0.255 e. The van der Waals surface area contributed by atoms with Gasteiger partial charge in [0.05, 0.1) is 0 Å². The number of carbonyl (C=O) groups is 1. The number of nitrogens with zero attached hydrogens (tertiary/aromatic N) is 3. The first kappa shape index (κ1) is 16.5. The molecule has 3 aromatic rings. The number of anilines is 1. The largest absolute Gasteiger partial charge is 0.486 e. The molecule has 7 heteroatoms. The zero-order valence-corrected chi connectivity index (χ0v) is 14.2. The van der Waals surface area contributed by atoms with Crippen LogP contribution in [-0.4, -0.2) is 29.1 Å². The summed E-state index contributed by atoms with van der Waals surface area (Å²) in [5, 5.41) is 12.0. The Hall–Kier alpha value is -3.92. The average Bonchev–Trinajstić information content (AvgIpc) is 2.73. The number of carbonyl (C=O) groups excluding carboxylic acids is 1. The summed E-state index contributed by atoms with van der Waals surface area (Å²) in [5.74, 6) is 0.981. The molecule has 2 heterocycles. The molecule has 0 bridgehead atoms. The van der Waals surface area contributed by atoms with E-state index in [0.717, 1.165) is 0 Å². The van der Waals surface area contributed by atoms with Crippen LogP contribution < -0.4 is 14.8 Å². The maximum absolute atomic E-state index is 12.6. The van der Waals surface area contributed by atoms with Gasteiger partial charge in [0, 0.05) is 35.3 Å². The van der Waals surface area contributed by atoms with Gasteiger partial charge in [-0.2, -0.15) is 5.26 Å². The van der Waals surface area contributed by atoms with E-state index in [1.54, 1.807) is 42.5 Å². The Bertz CT molecular complexity index is 1060. The van der Waals surface area contributed by atoms with E-state index in [0.29, 0.717) is 47.2 Å². The number of amides is 1. The van der Waals surface area contributed by atoms with E-state index >= 15 is 0 Å². The number of fused-ring (bicyclic) bond motifs is 1. The first-order chi connectivity index (χ1) is 13.2. The molecule has 0 saturated carbocycles. The summed E-state index contributed by atoms with van der Waals surface area (Å²) in [7, 11) is 0. The topological polar surface area (TPSA) is 97.1 Å². The van der Waals surface area contributed by atoms with Crippen molar-refractivity contribution < 1.29 is 14.3 Å². The van der Waals surface area contributed by atoms with Crippen LogP contribution in [0.3, 0.4) is 0 Å². The van der Waals surface area contributed by atoms with Gasteiger partial charge >= 0.3 is 0 Å². The van der Waals surface area contributed by atoms with Crippen molar-refractivity contribution in [2.75, 3.05) is 18.5 Å². The SMILES string of the molecule is N#Cc1nccnc1-c1cccc(C(=O)Nc2ccc3c(c2)OCCO3)c1. The van der Waals surface area contributed by atoms with E-state index in [4.69, 9.17) is 9.47 Å². The highest BCUT2D eigenvalue weighted by atomic mass is 16.6. The second-order valence-corrected chi connectivity index (χ2v) is 5.76. The molecular weight excluding hydrogens is 344 g/mol. The number of ether oxygens (including phenoxy) is 2. The Labute approximate surface area is 155 Å². The first-order valence-corrected chi connectivity index (χ1v) is 8.27. The van der Waals surface area contributed by atoms with Crippen LogP contribution in [0.25, 0.3) is 11.3 Å². The summed E-state index contributed by atoms with van der Waals surface area (Å²) in [6, 6.07) is 14.2. The quantitative estimate of drug-likeness (QED) is 0.773. The third kappa shape index (κ3) is 3.41. The molecule has 1 aliphatic rings. The van der Waals surface area contributed by atoms with Crippen LogP contribution in [0.4, 0.5) is 5.69 Å². The molecule has 0 aliphatic carbocycles. The number of nitriles is 1. The molecule has 1 amide bonds. The predicted molar refractivity (Wildman–Crippen MR) is 97.6 cm³/mol. The smallest absolute Gasteiger partial charge is 0.255 e. The second-order valence-electron chi connectivity index (χ2n) is 5.76. The molecule has 2 aromatic carbocycles. The van der Waals surface area contributed by atoms with Gasteiger partial charge in [0.1, 0.15) is 25.0 Å². The van der Waals surface area contributed by atoms with Crippen molar-refractivity contribution in [3.63, 3.8) is 0 Å². The third-order valence-corrected chi connectivity index (χ3v) is 4.00. The summed E-state index contributed by atoms with van der Waals surface area (Å²) >= 11 is 0. The maximum atomic E-state index is 12.6. The lowest BCUT2D eigenvalue weighted by Gasteiger charge is -2.19. The minimum atomic E-state index is -0.282. The normalized spacial score (nSPS) is 12.1. The number of nitrogens with one attached hydrogen (secondary N) is 1. The van der Waals surface area contributed by atoms with E-state index < -0.39 is 0 Å². The highest BCUT2D eigenvalue weighted by Gasteiger charge is 2.14. The molecule has 7 nitrogen and oxygen atoms in total. The van der Waals surface area contributed by atoms with Crippen molar-refractivity contribution in [2.24, 2.45) is 0 Å². The first-order valence-electron chi connectivity index (χ1n) is 8.27. The van der Waals surface area contributed by atoms with Crippen molar-refractivity contribution in [3.05, 3.63) is 66.1 Å². The number of rotatable bonds is 3. The summed E-state index contributed by atoms with van der Waals surface area (Å²) in [4.78, 5) is 20.8. The Kier molecular flexibility index (Phi) is 4.37. The lowest BCUT2D eigenvalue weighted by Crippen LogP contribution is -2.16. The molecule has 0 spiro atoms. The van der Waals surface area contributed by atoms with E-state index in [9.17, 15) is 10.1 Å². The van der Waals surface area contributed by atoms with Gasteiger partial charge in [-0.3, -0.25) is 9.78 Å². The van der Waals surface area contributed by atoms with Gasteiger partial charge in [-0.1, -0.05) is 12.1 Å². The highest BCUT2D eigenvalue weighted by molar-refractivity contribution is 6.05. The minimum Gasteiger partial charge on any atom is -0.486 e.